The number of benzene rings is 1. The molecule has 0 aliphatic heterocycles. The smallest absolute Gasteiger partial charge is 0.232 e. The molecule has 0 fully saturated rings. The maximum Gasteiger partial charge on any atom is 0.232 e. The van der Waals surface area contributed by atoms with Crippen molar-refractivity contribution in [3.8, 4) is 0 Å². The van der Waals surface area contributed by atoms with Gasteiger partial charge in [-0.25, -0.2) is 0 Å². The number of carbonyl (C=O) groups is 1. The Kier molecular flexibility index (Phi) is 3.84. The molecule has 1 aromatic heterocycles. The van der Waals surface area contributed by atoms with Gasteiger partial charge in [-0.05, 0) is 24.5 Å². The lowest BCUT2D eigenvalue weighted by Gasteiger charge is -2.03. The molecule has 4 nitrogen and oxygen atoms in total. The number of hydrogen-bond acceptors (Lipinski definition) is 4. The largest absolute Gasteiger partial charge is 0.349 e. The Morgan fingerprint density at radius 1 is 1.24 bits per heavy atom. The molecule has 108 valence electrons. The van der Waals surface area contributed by atoms with Crippen LogP contribution in [0, 0.1) is 5.92 Å². The summed E-state index contributed by atoms with van der Waals surface area (Å²) in [5.74, 6) is -0.0226. The Bertz CT molecular complexity index is 691. The molecule has 0 saturated heterocycles. The van der Waals surface area contributed by atoms with Gasteiger partial charge >= 0.3 is 0 Å². The molecule has 1 aliphatic carbocycles. The lowest BCUT2D eigenvalue weighted by molar-refractivity contribution is -0.121. The van der Waals surface area contributed by atoms with E-state index in [1.54, 1.807) is 11.3 Å². The lowest BCUT2D eigenvalue weighted by atomic mass is 10.1. The molecule has 0 radical (unpaired) electrons. The van der Waals surface area contributed by atoms with Crippen LogP contribution in [0.3, 0.4) is 0 Å². The normalized spacial score (nSPS) is 17.0. The van der Waals surface area contributed by atoms with Gasteiger partial charge in [-0.1, -0.05) is 54.2 Å². The van der Waals surface area contributed by atoms with Crippen molar-refractivity contribution < 1.29 is 4.79 Å². The predicted octanol–water partition coefficient (Wildman–Crippen LogP) is 2.82. The number of hydrogen-bond donors (Lipinski definition) is 1. The van der Waals surface area contributed by atoms with Crippen LogP contribution < -0.4 is 5.32 Å². The number of rotatable bonds is 5. The van der Waals surface area contributed by atoms with E-state index in [-0.39, 0.29) is 11.8 Å². The van der Waals surface area contributed by atoms with E-state index in [9.17, 15) is 4.79 Å². The van der Waals surface area contributed by atoms with E-state index in [0.717, 1.165) is 33.1 Å². The van der Waals surface area contributed by atoms with E-state index in [4.69, 9.17) is 0 Å². The maximum atomic E-state index is 12.3. The van der Waals surface area contributed by atoms with Gasteiger partial charge in [0.2, 0.25) is 5.91 Å². The van der Waals surface area contributed by atoms with Crippen molar-refractivity contribution in [3.05, 3.63) is 51.5 Å². The third-order valence-corrected chi connectivity index (χ3v) is 4.70. The van der Waals surface area contributed by atoms with Gasteiger partial charge in [-0.3, -0.25) is 4.79 Å². The summed E-state index contributed by atoms with van der Waals surface area (Å²) >= 11 is 1.55. The zero-order valence-corrected chi connectivity index (χ0v) is 12.9. The SMILES string of the molecule is CCc1nnc(CNC(=O)[C@H]2C(C)=C2c2ccccc2)s1. The summed E-state index contributed by atoms with van der Waals surface area (Å²) in [6.07, 6.45) is 0.882. The summed E-state index contributed by atoms with van der Waals surface area (Å²) in [6, 6.07) is 10.1. The number of carbonyl (C=O) groups excluding carboxylic acids is 1. The van der Waals surface area contributed by atoms with Gasteiger partial charge < -0.3 is 5.32 Å². The highest BCUT2D eigenvalue weighted by Gasteiger charge is 2.39. The zero-order chi connectivity index (χ0) is 14.8. The second-order valence-electron chi connectivity index (χ2n) is 5.06. The van der Waals surface area contributed by atoms with Crippen molar-refractivity contribution in [3.63, 3.8) is 0 Å². The molecule has 0 unspecified atom stereocenters. The quantitative estimate of drug-likeness (QED) is 0.923. The molecule has 1 amide bonds. The van der Waals surface area contributed by atoms with Gasteiger partial charge in [0.05, 0.1) is 12.5 Å². The standard InChI is InChI=1S/C16H17N3OS/c1-3-12-18-19-13(21-12)9-17-16(20)15-10(2)14(15)11-7-5-4-6-8-11/h4-8,15H,3,9H2,1-2H3,(H,17,20)/t15-/m0/s1. The van der Waals surface area contributed by atoms with Gasteiger partial charge in [0.1, 0.15) is 10.0 Å². The van der Waals surface area contributed by atoms with Crippen LogP contribution in [0.15, 0.2) is 35.9 Å². The highest BCUT2D eigenvalue weighted by molar-refractivity contribution is 7.11. The maximum absolute atomic E-state index is 12.3. The number of aromatic nitrogens is 2. The minimum Gasteiger partial charge on any atom is -0.349 e. The molecule has 5 heteroatoms. The first-order valence-corrected chi connectivity index (χ1v) is 7.87. The minimum atomic E-state index is -0.0778. The van der Waals surface area contributed by atoms with Gasteiger partial charge in [0.15, 0.2) is 0 Å². The molecule has 1 aromatic carbocycles. The van der Waals surface area contributed by atoms with Gasteiger partial charge in [0, 0.05) is 0 Å². The molecule has 1 N–H and O–H groups in total. The summed E-state index contributed by atoms with van der Waals surface area (Å²) in [5, 5.41) is 13.0. The summed E-state index contributed by atoms with van der Waals surface area (Å²) in [5.41, 5.74) is 3.45. The van der Waals surface area contributed by atoms with E-state index in [2.05, 4.69) is 15.5 Å². The number of aryl methyl sites for hydroxylation is 1. The zero-order valence-electron chi connectivity index (χ0n) is 12.1. The van der Waals surface area contributed by atoms with Crippen molar-refractivity contribution in [2.75, 3.05) is 0 Å². The third-order valence-electron chi connectivity index (χ3n) is 3.64. The first kappa shape index (κ1) is 13.9. The van der Waals surface area contributed by atoms with Crippen molar-refractivity contribution in [2.24, 2.45) is 5.92 Å². The fraction of sp³-hybridized carbons (Fsp3) is 0.312. The molecule has 0 saturated carbocycles. The molecule has 21 heavy (non-hydrogen) atoms. The number of amides is 1. The number of nitrogens with one attached hydrogen (secondary N) is 1. The molecule has 1 aliphatic rings. The minimum absolute atomic E-state index is 0.0552. The van der Waals surface area contributed by atoms with Crippen LogP contribution in [0.1, 0.15) is 29.4 Å². The van der Waals surface area contributed by atoms with Crippen LogP contribution in [0.25, 0.3) is 5.57 Å². The average Bonchev–Trinajstić information content (AvgIpc) is 2.98. The Morgan fingerprint density at radius 3 is 2.62 bits per heavy atom. The summed E-state index contributed by atoms with van der Waals surface area (Å²) in [7, 11) is 0. The molecule has 2 aromatic rings. The second-order valence-corrected chi connectivity index (χ2v) is 6.20. The molecule has 3 rings (SSSR count). The topological polar surface area (TPSA) is 54.9 Å². The Morgan fingerprint density at radius 2 is 1.95 bits per heavy atom. The van der Waals surface area contributed by atoms with Gasteiger partial charge in [-0.2, -0.15) is 0 Å². The second kappa shape index (κ2) is 5.77. The summed E-state index contributed by atoms with van der Waals surface area (Å²) in [6.45, 7) is 4.53. The summed E-state index contributed by atoms with van der Waals surface area (Å²) in [4.78, 5) is 12.3. The van der Waals surface area contributed by atoms with Crippen LogP contribution in [-0.4, -0.2) is 16.1 Å². The van der Waals surface area contributed by atoms with E-state index in [0.29, 0.717) is 6.54 Å². The van der Waals surface area contributed by atoms with E-state index in [1.165, 1.54) is 0 Å². The Hall–Kier alpha value is -2.01. The average molecular weight is 299 g/mol. The molecular weight excluding hydrogens is 282 g/mol. The Labute approximate surface area is 127 Å². The van der Waals surface area contributed by atoms with Crippen LogP contribution >= 0.6 is 11.3 Å². The molecule has 0 bridgehead atoms. The molecule has 1 atom stereocenters. The monoisotopic (exact) mass is 299 g/mol. The lowest BCUT2D eigenvalue weighted by Crippen LogP contribution is -2.25. The van der Waals surface area contributed by atoms with Crippen LogP contribution in [-0.2, 0) is 17.8 Å². The van der Waals surface area contributed by atoms with Crippen LogP contribution in [0.5, 0.6) is 0 Å². The first-order chi connectivity index (χ1) is 10.2. The van der Waals surface area contributed by atoms with Crippen molar-refractivity contribution >= 4 is 22.8 Å². The van der Waals surface area contributed by atoms with Crippen LogP contribution in [0.2, 0.25) is 0 Å². The first-order valence-electron chi connectivity index (χ1n) is 7.05. The van der Waals surface area contributed by atoms with E-state index < -0.39 is 0 Å². The fourth-order valence-corrected chi connectivity index (χ4v) is 3.16. The van der Waals surface area contributed by atoms with Gasteiger partial charge in [-0.15, -0.1) is 10.2 Å². The van der Waals surface area contributed by atoms with Crippen molar-refractivity contribution in [2.45, 2.75) is 26.8 Å². The molecule has 0 spiro atoms. The fourth-order valence-electron chi connectivity index (χ4n) is 2.44. The highest BCUT2D eigenvalue weighted by atomic mass is 32.1. The third kappa shape index (κ3) is 2.88. The van der Waals surface area contributed by atoms with E-state index in [1.807, 2.05) is 44.2 Å². The van der Waals surface area contributed by atoms with Crippen LogP contribution in [0.4, 0.5) is 0 Å². The number of nitrogens with zero attached hydrogens (tertiary/aromatic N) is 2. The van der Waals surface area contributed by atoms with E-state index >= 15 is 0 Å². The predicted molar refractivity (Wildman–Crippen MR) is 83.7 cm³/mol. The Balaban J connectivity index is 1.58. The summed E-state index contributed by atoms with van der Waals surface area (Å²) < 4.78 is 0. The van der Waals surface area contributed by atoms with Crippen molar-refractivity contribution in [1.29, 1.82) is 0 Å². The highest BCUT2D eigenvalue weighted by Crippen LogP contribution is 2.46. The van der Waals surface area contributed by atoms with Crippen molar-refractivity contribution in [1.82, 2.24) is 15.5 Å². The van der Waals surface area contributed by atoms with Gasteiger partial charge in [0.25, 0.3) is 0 Å². The molecule has 1 heterocycles. The molecular formula is C16H17N3OS.